The Hall–Kier alpha value is -2.35. The van der Waals surface area contributed by atoms with Crippen molar-refractivity contribution in [3.8, 4) is 11.8 Å². The maximum atomic E-state index is 12.8. The Balaban J connectivity index is 1.49. The van der Waals surface area contributed by atoms with Crippen LogP contribution >= 0.6 is 0 Å². The Morgan fingerprint density at radius 2 is 1.54 bits per heavy atom. The van der Waals surface area contributed by atoms with Gasteiger partial charge in [-0.3, -0.25) is 9.47 Å². The van der Waals surface area contributed by atoms with E-state index in [2.05, 4.69) is 4.90 Å². The predicted molar refractivity (Wildman–Crippen MR) is 92.5 cm³/mol. The van der Waals surface area contributed by atoms with Crippen LogP contribution in [-0.4, -0.2) is 52.4 Å². The lowest BCUT2D eigenvalue weighted by Gasteiger charge is -2.36. The van der Waals surface area contributed by atoms with Crippen molar-refractivity contribution in [3.05, 3.63) is 42.0 Å². The highest BCUT2D eigenvalue weighted by Crippen LogP contribution is 2.31. The molecule has 3 rings (SSSR count). The number of nitrogens with zero attached hydrogens (tertiary/aromatic N) is 3. The minimum absolute atomic E-state index is 0.0388. The van der Waals surface area contributed by atoms with E-state index in [4.69, 9.17) is 0 Å². The van der Waals surface area contributed by atoms with Crippen LogP contribution in [0.3, 0.4) is 0 Å². The second kappa shape index (κ2) is 7.49. The number of hydrogen-bond acceptors (Lipinski definition) is 4. The normalized spacial score (nSPS) is 16.2. The highest BCUT2D eigenvalue weighted by atomic mass is 19.4. The molecule has 1 aromatic carbocycles. The lowest BCUT2D eigenvalue weighted by atomic mass is 10.1. The topological polar surface area (TPSA) is 51.9 Å². The molecule has 0 spiro atoms. The van der Waals surface area contributed by atoms with E-state index in [1.807, 2.05) is 4.90 Å². The second-order valence-corrected chi connectivity index (χ2v) is 6.43. The number of rotatable bonds is 5. The van der Waals surface area contributed by atoms with Crippen molar-refractivity contribution >= 4 is 5.69 Å². The van der Waals surface area contributed by atoms with Gasteiger partial charge in [-0.05, 0) is 31.2 Å². The maximum Gasteiger partial charge on any atom is 0.416 e. The first kappa shape index (κ1) is 18.4. The first-order valence-corrected chi connectivity index (χ1v) is 8.56. The monoisotopic (exact) mass is 369 g/mol. The standard InChI is InChI=1S/C18H22F3N3O2/c19-18(20,21)14-3-1-4-15(13-14)23-11-9-22(10-12-23)7-2-8-24-16(25)5-6-17(24)26/h1,3-6,13,25-26H,2,7-12H2. The average molecular weight is 369 g/mol. The largest absolute Gasteiger partial charge is 0.494 e. The summed E-state index contributed by atoms with van der Waals surface area (Å²) in [5.74, 6) is 0.0775. The lowest BCUT2D eigenvalue weighted by Crippen LogP contribution is -2.46. The third-order valence-corrected chi connectivity index (χ3v) is 4.70. The summed E-state index contributed by atoms with van der Waals surface area (Å²) in [6.45, 7) is 4.18. The van der Waals surface area contributed by atoms with Crippen molar-refractivity contribution < 1.29 is 23.4 Å². The van der Waals surface area contributed by atoms with Gasteiger partial charge in [0.1, 0.15) is 0 Å². The first-order valence-electron chi connectivity index (χ1n) is 8.56. The van der Waals surface area contributed by atoms with Gasteiger partial charge in [-0.2, -0.15) is 13.2 Å². The average Bonchev–Trinajstić information content (AvgIpc) is 2.94. The molecule has 2 heterocycles. The number of aromatic nitrogens is 1. The lowest BCUT2D eigenvalue weighted by molar-refractivity contribution is -0.137. The van der Waals surface area contributed by atoms with Gasteiger partial charge in [0, 0.05) is 50.5 Å². The molecule has 0 unspecified atom stereocenters. The molecule has 0 radical (unpaired) electrons. The highest BCUT2D eigenvalue weighted by Gasteiger charge is 2.31. The van der Waals surface area contributed by atoms with Crippen molar-refractivity contribution in [2.75, 3.05) is 37.6 Å². The Morgan fingerprint density at radius 1 is 0.885 bits per heavy atom. The molecule has 0 saturated carbocycles. The molecule has 0 bridgehead atoms. The molecule has 5 nitrogen and oxygen atoms in total. The van der Waals surface area contributed by atoms with Gasteiger partial charge >= 0.3 is 6.18 Å². The molecule has 1 aliphatic heterocycles. The summed E-state index contributed by atoms with van der Waals surface area (Å²) < 4.78 is 40.0. The molecule has 1 saturated heterocycles. The number of anilines is 1. The molecule has 2 aromatic rings. The van der Waals surface area contributed by atoms with Crippen LogP contribution in [0.4, 0.5) is 18.9 Å². The molecular formula is C18H22F3N3O2. The zero-order valence-electron chi connectivity index (χ0n) is 14.3. The van der Waals surface area contributed by atoms with Crippen LogP contribution in [0.2, 0.25) is 0 Å². The van der Waals surface area contributed by atoms with Gasteiger partial charge in [0.2, 0.25) is 0 Å². The van der Waals surface area contributed by atoms with Gasteiger partial charge in [0.15, 0.2) is 11.8 Å². The molecule has 1 aliphatic rings. The van der Waals surface area contributed by atoms with Gasteiger partial charge in [0.05, 0.1) is 5.56 Å². The zero-order chi connectivity index (χ0) is 18.7. The fraction of sp³-hybridized carbons (Fsp3) is 0.444. The van der Waals surface area contributed by atoms with Crippen LogP contribution in [0.1, 0.15) is 12.0 Å². The minimum Gasteiger partial charge on any atom is -0.494 e. The van der Waals surface area contributed by atoms with Gasteiger partial charge in [0.25, 0.3) is 0 Å². The molecule has 1 aromatic heterocycles. The van der Waals surface area contributed by atoms with E-state index in [-0.39, 0.29) is 11.8 Å². The number of halogens is 3. The van der Waals surface area contributed by atoms with Crippen LogP contribution in [0.15, 0.2) is 36.4 Å². The van der Waals surface area contributed by atoms with E-state index in [1.54, 1.807) is 6.07 Å². The van der Waals surface area contributed by atoms with E-state index in [1.165, 1.54) is 28.8 Å². The van der Waals surface area contributed by atoms with Crippen molar-refractivity contribution in [1.29, 1.82) is 0 Å². The summed E-state index contributed by atoms with van der Waals surface area (Å²) in [7, 11) is 0. The van der Waals surface area contributed by atoms with Crippen LogP contribution < -0.4 is 4.90 Å². The van der Waals surface area contributed by atoms with E-state index in [0.717, 1.165) is 32.1 Å². The van der Waals surface area contributed by atoms with Crippen LogP contribution in [-0.2, 0) is 12.7 Å². The summed E-state index contributed by atoms with van der Waals surface area (Å²) >= 11 is 0. The molecular weight excluding hydrogens is 347 g/mol. The summed E-state index contributed by atoms with van der Waals surface area (Å²) in [4.78, 5) is 4.21. The molecule has 0 amide bonds. The quantitative estimate of drug-likeness (QED) is 0.850. The fourth-order valence-corrected chi connectivity index (χ4v) is 3.24. The second-order valence-electron chi connectivity index (χ2n) is 6.43. The number of aromatic hydroxyl groups is 2. The third kappa shape index (κ3) is 4.24. The Kier molecular flexibility index (Phi) is 5.31. The molecule has 1 fully saturated rings. The molecule has 26 heavy (non-hydrogen) atoms. The molecule has 2 N–H and O–H groups in total. The van der Waals surface area contributed by atoms with Gasteiger partial charge < -0.3 is 15.1 Å². The van der Waals surface area contributed by atoms with Crippen LogP contribution in [0.5, 0.6) is 11.8 Å². The Morgan fingerprint density at radius 3 is 2.15 bits per heavy atom. The summed E-state index contributed by atoms with van der Waals surface area (Å²) in [5, 5.41) is 19.2. The molecule has 8 heteroatoms. The summed E-state index contributed by atoms with van der Waals surface area (Å²) in [6, 6.07) is 8.34. The summed E-state index contributed by atoms with van der Waals surface area (Å²) in [6.07, 6.45) is -3.56. The predicted octanol–water partition coefficient (Wildman–Crippen LogP) is 3.13. The van der Waals surface area contributed by atoms with E-state index >= 15 is 0 Å². The summed E-state index contributed by atoms with van der Waals surface area (Å²) in [5.41, 5.74) is -0.0228. The molecule has 142 valence electrons. The molecule has 0 atom stereocenters. The highest BCUT2D eigenvalue weighted by molar-refractivity contribution is 5.49. The zero-order valence-corrected chi connectivity index (χ0v) is 14.3. The van der Waals surface area contributed by atoms with Gasteiger partial charge in [-0.15, -0.1) is 0 Å². The maximum absolute atomic E-state index is 12.8. The van der Waals surface area contributed by atoms with E-state index < -0.39 is 11.7 Å². The third-order valence-electron chi connectivity index (χ3n) is 4.70. The van der Waals surface area contributed by atoms with E-state index in [9.17, 15) is 23.4 Å². The van der Waals surface area contributed by atoms with Crippen molar-refractivity contribution in [2.45, 2.75) is 19.1 Å². The number of hydrogen-bond donors (Lipinski definition) is 2. The first-order chi connectivity index (χ1) is 12.3. The van der Waals surface area contributed by atoms with E-state index in [0.29, 0.717) is 25.3 Å². The van der Waals surface area contributed by atoms with Crippen LogP contribution in [0.25, 0.3) is 0 Å². The number of piperazine rings is 1. The van der Waals surface area contributed by atoms with Crippen LogP contribution in [0, 0.1) is 0 Å². The Bertz CT molecular complexity index is 718. The Labute approximate surface area is 149 Å². The smallest absolute Gasteiger partial charge is 0.416 e. The fourth-order valence-electron chi connectivity index (χ4n) is 3.24. The number of benzene rings is 1. The van der Waals surface area contributed by atoms with Gasteiger partial charge in [-0.1, -0.05) is 6.07 Å². The van der Waals surface area contributed by atoms with Crippen molar-refractivity contribution in [2.24, 2.45) is 0 Å². The number of alkyl halides is 3. The van der Waals surface area contributed by atoms with Gasteiger partial charge in [-0.25, -0.2) is 0 Å². The van der Waals surface area contributed by atoms with Crippen molar-refractivity contribution in [3.63, 3.8) is 0 Å². The molecule has 0 aliphatic carbocycles. The minimum atomic E-state index is -4.33. The van der Waals surface area contributed by atoms with Crippen molar-refractivity contribution in [1.82, 2.24) is 9.47 Å². The SMILES string of the molecule is Oc1ccc(O)n1CCCN1CCN(c2cccc(C(F)(F)F)c2)CC1.